The Morgan fingerprint density at radius 3 is 2.53 bits per heavy atom. The molecule has 0 fully saturated rings. The highest BCUT2D eigenvalue weighted by molar-refractivity contribution is 7.99. The zero-order chi connectivity index (χ0) is 21.3. The smallest absolute Gasteiger partial charge is 0.344 e. The van der Waals surface area contributed by atoms with E-state index in [-0.39, 0.29) is 11.4 Å². The van der Waals surface area contributed by atoms with E-state index in [2.05, 4.69) is 15.3 Å². The molecule has 7 nitrogen and oxygen atoms in total. The van der Waals surface area contributed by atoms with Gasteiger partial charge in [0.1, 0.15) is 11.3 Å². The molecule has 10 heteroatoms. The van der Waals surface area contributed by atoms with Crippen LogP contribution in [0.2, 0.25) is 0 Å². The summed E-state index contributed by atoms with van der Waals surface area (Å²) >= 11 is 0.403. The third-order valence-corrected chi connectivity index (χ3v) is 4.26. The molecule has 0 bridgehead atoms. The first-order valence-corrected chi connectivity index (χ1v) is 9.44. The summed E-state index contributed by atoms with van der Waals surface area (Å²) < 4.78 is 35.2. The van der Waals surface area contributed by atoms with E-state index in [1.54, 1.807) is 18.3 Å². The molecule has 0 radical (unpaired) electrons. The van der Waals surface area contributed by atoms with Crippen LogP contribution in [0.5, 0.6) is 11.6 Å². The summed E-state index contributed by atoms with van der Waals surface area (Å²) in [5.41, 5.74) is 0.430. The topological polar surface area (TPSA) is 90.4 Å². The van der Waals surface area contributed by atoms with Crippen LogP contribution in [0.15, 0.2) is 72.0 Å². The highest BCUT2D eigenvalue weighted by atomic mass is 32.2. The van der Waals surface area contributed by atoms with Crippen LogP contribution in [0.1, 0.15) is 10.4 Å². The highest BCUT2D eigenvalue weighted by Crippen LogP contribution is 2.26. The average Bonchev–Trinajstić information content (AvgIpc) is 2.74. The van der Waals surface area contributed by atoms with Crippen molar-refractivity contribution in [1.29, 1.82) is 0 Å². The molecule has 1 amide bonds. The van der Waals surface area contributed by atoms with Gasteiger partial charge in [0.25, 0.3) is 11.7 Å². The summed E-state index contributed by atoms with van der Waals surface area (Å²) in [5.74, 6) is -3.50. The van der Waals surface area contributed by atoms with Crippen LogP contribution in [0.4, 0.5) is 14.5 Å². The van der Waals surface area contributed by atoms with Crippen LogP contribution in [0.25, 0.3) is 0 Å². The minimum Gasteiger partial charge on any atom is -0.452 e. The lowest BCUT2D eigenvalue weighted by atomic mass is 10.3. The van der Waals surface area contributed by atoms with Crippen molar-refractivity contribution in [1.82, 2.24) is 9.97 Å². The van der Waals surface area contributed by atoms with Gasteiger partial charge in [-0.15, -0.1) is 0 Å². The maximum atomic E-state index is 12.3. The number of benzene rings is 1. The molecule has 3 rings (SSSR count). The standard InChI is InChI=1S/C20H15F2N3O4S/c21-20(22)30-15-7-5-13(6-8-15)25-17(26)12-28-19(27)16-4-2-10-24-18(16)29-14-3-1-9-23-11-14/h1-11,20H,12H2,(H,25,26). The van der Waals surface area contributed by atoms with Gasteiger partial charge in [0.2, 0.25) is 5.88 Å². The molecule has 1 N–H and O–H groups in total. The number of halogens is 2. The second kappa shape index (κ2) is 10.3. The molecule has 2 heterocycles. The third-order valence-electron chi connectivity index (χ3n) is 3.54. The van der Waals surface area contributed by atoms with E-state index in [0.29, 0.717) is 28.1 Å². The van der Waals surface area contributed by atoms with E-state index in [1.165, 1.54) is 48.8 Å². The number of pyridine rings is 2. The first-order valence-electron chi connectivity index (χ1n) is 8.56. The zero-order valence-electron chi connectivity index (χ0n) is 15.3. The number of alkyl halides is 2. The summed E-state index contributed by atoms with van der Waals surface area (Å²) in [5, 5.41) is 2.52. The van der Waals surface area contributed by atoms with Gasteiger partial charge in [-0.1, -0.05) is 11.8 Å². The maximum Gasteiger partial charge on any atom is 0.344 e. The molecule has 0 saturated heterocycles. The number of ether oxygens (including phenoxy) is 2. The summed E-state index contributed by atoms with van der Waals surface area (Å²) in [7, 11) is 0. The molecular weight excluding hydrogens is 416 g/mol. The molecule has 0 atom stereocenters. The van der Waals surface area contributed by atoms with Gasteiger partial charge in [0.15, 0.2) is 6.61 Å². The van der Waals surface area contributed by atoms with Gasteiger partial charge in [-0.3, -0.25) is 9.78 Å². The second-order valence-corrected chi connectivity index (χ2v) is 6.74. The van der Waals surface area contributed by atoms with Gasteiger partial charge < -0.3 is 14.8 Å². The van der Waals surface area contributed by atoms with Gasteiger partial charge in [-0.05, 0) is 48.5 Å². The Balaban J connectivity index is 1.56. The number of hydrogen-bond acceptors (Lipinski definition) is 7. The molecule has 0 aliphatic carbocycles. The Morgan fingerprint density at radius 2 is 1.83 bits per heavy atom. The number of nitrogens with one attached hydrogen (secondary N) is 1. The van der Waals surface area contributed by atoms with Crippen LogP contribution in [0.3, 0.4) is 0 Å². The lowest BCUT2D eigenvalue weighted by molar-refractivity contribution is -0.119. The van der Waals surface area contributed by atoms with Crippen LogP contribution < -0.4 is 10.1 Å². The molecule has 30 heavy (non-hydrogen) atoms. The average molecular weight is 431 g/mol. The third kappa shape index (κ3) is 6.24. The van der Waals surface area contributed by atoms with Gasteiger partial charge in [0.05, 0.1) is 6.20 Å². The van der Waals surface area contributed by atoms with Crippen LogP contribution in [-0.4, -0.2) is 34.2 Å². The van der Waals surface area contributed by atoms with E-state index >= 15 is 0 Å². The monoisotopic (exact) mass is 431 g/mol. The predicted octanol–water partition coefficient (Wildman–Crippen LogP) is 4.38. The predicted molar refractivity (Wildman–Crippen MR) is 106 cm³/mol. The largest absolute Gasteiger partial charge is 0.452 e. The first-order chi connectivity index (χ1) is 14.5. The minimum atomic E-state index is -2.52. The number of esters is 1. The fourth-order valence-corrected chi connectivity index (χ4v) is 2.77. The van der Waals surface area contributed by atoms with E-state index in [0.717, 1.165) is 0 Å². The zero-order valence-corrected chi connectivity index (χ0v) is 16.1. The number of anilines is 1. The fraction of sp³-hybridized carbons (Fsp3) is 0.100. The van der Waals surface area contributed by atoms with E-state index in [1.807, 2.05) is 0 Å². The quantitative estimate of drug-likeness (QED) is 0.418. The summed E-state index contributed by atoms with van der Waals surface area (Å²) in [6.45, 7) is -0.548. The molecular formula is C20H15F2N3O4S. The van der Waals surface area contributed by atoms with Crippen LogP contribution in [-0.2, 0) is 9.53 Å². The van der Waals surface area contributed by atoms with Crippen molar-refractivity contribution < 1.29 is 27.8 Å². The van der Waals surface area contributed by atoms with Crippen LogP contribution >= 0.6 is 11.8 Å². The summed E-state index contributed by atoms with van der Waals surface area (Å²) in [4.78, 5) is 32.7. The Kier molecular flexibility index (Phi) is 7.28. The van der Waals surface area contributed by atoms with Crippen molar-refractivity contribution in [2.24, 2.45) is 0 Å². The van der Waals surface area contributed by atoms with Crippen molar-refractivity contribution in [3.63, 3.8) is 0 Å². The minimum absolute atomic E-state index is 0.0167. The van der Waals surface area contributed by atoms with Gasteiger partial charge in [-0.25, -0.2) is 9.78 Å². The summed E-state index contributed by atoms with van der Waals surface area (Å²) in [6.07, 6.45) is 4.48. The van der Waals surface area contributed by atoms with Crippen molar-refractivity contribution in [3.05, 3.63) is 72.7 Å². The molecule has 0 spiro atoms. The van der Waals surface area contributed by atoms with Gasteiger partial charge >= 0.3 is 5.97 Å². The van der Waals surface area contributed by atoms with Crippen molar-refractivity contribution in [2.75, 3.05) is 11.9 Å². The molecule has 0 saturated carbocycles. The maximum absolute atomic E-state index is 12.3. The Bertz CT molecular complexity index is 1000. The first kappa shape index (κ1) is 21.2. The number of amides is 1. The molecule has 0 unspecified atom stereocenters. The number of carbonyl (C=O) groups is 2. The highest BCUT2D eigenvalue weighted by Gasteiger charge is 2.17. The number of thioether (sulfide) groups is 1. The number of nitrogens with zero attached hydrogens (tertiary/aromatic N) is 2. The molecule has 1 aromatic carbocycles. The normalized spacial score (nSPS) is 10.5. The van der Waals surface area contributed by atoms with Crippen LogP contribution in [0, 0.1) is 0 Å². The van der Waals surface area contributed by atoms with Gasteiger partial charge in [-0.2, -0.15) is 8.78 Å². The van der Waals surface area contributed by atoms with Crippen molar-refractivity contribution in [2.45, 2.75) is 10.7 Å². The molecule has 3 aromatic rings. The van der Waals surface area contributed by atoms with Crippen molar-refractivity contribution in [3.8, 4) is 11.6 Å². The summed E-state index contributed by atoms with van der Waals surface area (Å²) in [6, 6.07) is 12.2. The van der Waals surface area contributed by atoms with E-state index < -0.39 is 24.2 Å². The fourth-order valence-electron chi connectivity index (χ4n) is 2.27. The lowest BCUT2D eigenvalue weighted by Crippen LogP contribution is -2.21. The van der Waals surface area contributed by atoms with E-state index in [9.17, 15) is 18.4 Å². The second-order valence-electron chi connectivity index (χ2n) is 5.67. The molecule has 2 aromatic heterocycles. The Labute approximate surface area is 174 Å². The number of aromatic nitrogens is 2. The SMILES string of the molecule is O=C(COC(=O)c1cccnc1Oc1cccnc1)Nc1ccc(SC(F)F)cc1. The van der Waals surface area contributed by atoms with Gasteiger partial charge in [0, 0.05) is 23.0 Å². The molecule has 154 valence electrons. The number of hydrogen-bond donors (Lipinski definition) is 1. The number of rotatable bonds is 8. The molecule has 0 aliphatic rings. The lowest BCUT2D eigenvalue weighted by Gasteiger charge is -2.10. The Hall–Kier alpha value is -3.53. The number of carbonyl (C=O) groups excluding carboxylic acids is 2. The Morgan fingerprint density at radius 1 is 1.07 bits per heavy atom. The molecule has 0 aliphatic heterocycles. The van der Waals surface area contributed by atoms with Crippen molar-refractivity contribution >= 4 is 29.3 Å². The van der Waals surface area contributed by atoms with E-state index in [4.69, 9.17) is 9.47 Å².